The molecule has 1 aliphatic carbocycles. The van der Waals surface area contributed by atoms with Gasteiger partial charge in [-0.3, -0.25) is 9.79 Å². The zero-order valence-electron chi connectivity index (χ0n) is 17.4. The van der Waals surface area contributed by atoms with Gasteiger partial charge in [-0.05, 0) is 43.0 Å². The Bertz CT molecular complexity index is 823. The summed E-state index contributed by atoms with van der Waals surface area (Å²) in [5.41, 5.74) is 3.24. The van der Waals surface area contributed by atoms with Crippen LogP contribution in [0.2, 0.25) is 0 Å². The fourth-order valence-corrected chi connectivity index (χ4v) is 3.33. The van der Waals surface area contributed by atoms with Gasteiger partial charge in [-0.25, -0.2) is 0 Å². The maximum atomic E-state index is 12.1. The van der Waals surface area contributed by atoms with Crippen LogP contribution in [0.3, 0.4) is 0 Å². The van der Waals surface area contributed by atoms with Crippen LogP contribution in [0.25, 0.3) is 0 Å². The van der Waals surface area contributed by atoms with Gasteiger partial charge >= 0.3 is 0 Å². The zero-order valence-corrected chi connectivity index (χ0v) is 19.7. The monoisotopic (exact) mass is 506 g/mol. The fourth-order valence-electron chi connectivity index (χ4n) is 3.33. The maximum absolute atomic E-state index is 12.1. The van der Waals surface area contributed by atoms with E-state index in [1.165, 1.54) is 5.56 Å². The Morgan fingerprint density at radius 2 is 1.90 bits per heavy atom. The zero-order chi connectivity index (χ0) is 19.9. The number of rotatable bonds is 7. The summed E-state index contributed by atoms with van der Waals surface area (Å²) in [6, 6.07) is 18.9. The molecule has 0 aromatic heterocycles. The lowest BCUT2D eigenvalue weighted by Crippen LogP contribution is -2.39. The van der Waals surface area contributed by atoms with Crippen molar-refractivity contribution in [3.05, 3.63) is 71.3 Å². The Morgan fingerprint density at radius 1 is 1.14 bits per heavy atom. The second kappa shape index (κ2) is 11.2. The number of hydrogen-bond acceptors (Lipinski definition) is 2. The van der Waals surface area contributed by atoms with Gasteiger partial charge in [0.15, 0.2) is 5.96 Å². The Hall–Kier alpha value is -2.09. The third-order valence-corrected chi connectivity index (χ3v) is 4.94. The van der Waals surface area contributed by atoms with Gasteiger partial charge in [0.1, 0.15) is 0 Å². The second-order valence-corrected chi connectivity index (χ2v) is 7.41. The van der Waals surface area contributed by atoms with E-state index in [0.29, 0.717) is 18.5 Å². The molecule has 1 saturated carbocycles. The van der Waals surface area contributed by atoms with E-state index >= 15 is 0 Å². The molecule has 2 aromatic carbocycles. The van der Waals surface area contributed by atoms with Crippen molar-refractivity contribution < 1.29 is 4.79 Å². The minimum Gasteiger partial charge on any atom is -0.357 e. The van der Waals surface area contributed by atoms with Crippen LogP contribution in [-0.4, -0.2) is 50.0 Å². The summed E-state index contributed by atoms with van der Waals surface area (Å²) in [6.45, 7) is 3.59. The largest absolute Gasteiger partial charge is 0.357 e. The molecule has 0 spiro atoms. The number of nitrogens with one attached hydrogen (secondary N) is 2. The van der Waals surface area contributed by atoms with Crippen molar-refractivity contribution in [3.63, 3.8) is 0 Å². The number of carbonyl (C=O) groups is 1. The number of benzene rings is 2. The van der Waals surface area contributed by atoms with E-state index in [4.69, 9.17) is 4.99 Å². The smallest absolute Gasteiger partial charge is 0.253 e. The van der Waals surface area contributed by atoms with Crippen molar-refractivity contribution in [2.75, 3.05) is 27.2 Å². The Morgan fingerprint density at radius 3 is 2.59 bits per heavy atom. The number of carbonyl (C=O) groups excluding carboxylic acids is 1. The van der Waals surface area contributed by atoms with Crippen LogP contribution in [0, 0.1) is 0 Å². The molecule has 6 heteroatoms. The number of nitrogens with zero attached hydrogens (tertiary/aromatic N) is 2. The van der Waals surface area contributed by atoms with Gasteiger partial charge in [0.25, 0.3) is 5.91 Å². The first-order valence-corrected chi connectivity index (χ1v) is 9.99. The van der Waals surface area contributed by atoms with E-state index in [1.807, 2.05) is 18.2 Å². The number of hydrogen-bond donors (Lipinski definition) is 2. The van der Waals surface area contributed by atoms with Crippen LogP contribution in [0.1, 0.15) is 40.7 Å². The van der Waals surface area contributed by atoms with Gasteiger partial charge in [0.2, 0.25) is 0 Å². The van der Waals surface area contributed by atoms with E-state index in [2.05, 4.69) is 54.0 Å². The predicted molar refractivity (Wildman–Crippen MR) is 130 cm³/mol. The summed E-state index contributed by atoms with van der Waals surface area (Å²) >= 11 is 0. The van der Waals surface area contributed by atoms with Gasteiger partial charge in [0.05, 0.1) is 0 Å². The molecule has 0 bridgehead atoms. The van der Waals surface area contributed by atoms with Crippen LogP contribution >= 0.6 is 24.0 Å². The average molecular weight is 506 g/mol. The molecule has 3 rings (SSSR count). The van der Waals surface area contributed by atoms with E-state index in [-0.39, 0.29) is 29.9 Å². The molecule has 0 saturated heterocycles. The Labute approximate surface area is 191 Å². The van der Waals surface area contributed by atoms with Crippen LogP contribution in [-0.2, 0) is 6.42 Å². The van der Waals surface area contributed by atoms with E-state index in [1.54, 1.807) is 19.0 Å². The number of halogens is 1. The summed E-state index contributed by atoms with van der Waals surface area (Å²) in [7, 11) is 3.54. The molecule has 2 N–H and O–H groups in total. The summed E-state index contributed by atoms with van der Waals surface area (Å²) < 4.78 is 0. The molecule has 0 aliphatic heterocycles. The predicted octanol–water partition coefficient (Wildman–Crippen LogP) is 3.66. The molecule has 1 aliphatic rings. The Kier molecular flexibility index (Phi) is 8.95. The molecule has 29 heavy (non-hydrogen) atoms. The van der Waals surface area contributed by atoms with Crippen molar-refractivity contribution in [2.24, 2.45) is 4.99 Å². The molecular weight excluding hydrogens is 475 g/mol. The minimum absolute atomic E-state index is 0. The summed E-state index contributed by atoms with van der Waals surface area (Å²) in [5.74, 6) is 1.46. The third kappa shape index (κ3) is 6.73. The first-order valence-electron chi connectivity index (χ1n) is 9.99. The normalized spacial score (nSPS) is 17.8. The highest BCUT2D eigenvalue weighted by atomic mass is 127. The van der Waals surface area contributed by atoms with Crippen molar-refractivity contribution in [3.8, 4) is 0 Å². The fraction of sp³-hybridized carbons (Fsp3) is 0.391. The lowest BCUT2D eigenvalue weighted by Gasteiger charge is -2.12. The molecule has 156 valence electrons. The van der Waals surface area contributed by atoms with Crippen molar-refractivity contribution >= 4 is 35.8 Å². The molecule has 2 unspecified atom stereocenters. The van der Waals surface area contributed by atoms with Crippen molar-refractivity contribution in [1.82, 2.24) is 15.5 Å². The summed E-state index contributed by atoms with van der Waals surface area (Å²) in [4.78, 5) is 18.4. The molecule has 2 atom stereocenters. The molecule has 1 amide bonds. The first kappa shape index (κ1) is 23.2. The minimum atomic E-state index is 0. The first-order chi connectivity index (χ1) is 13.6. The van der Waals surface area contributed by atoms with Crippen LogP contribution in [0.5, 0.6) is 0 Å². The number of guanidine groups is 1. The lowest BCUT2D eigenvalue weighted by atomic mass is 10.1. The maximum Gasteiger partial charge on any atom is 0.253 e. The Balaban J connectivity index is 0.00000300. The van der Waals surface area contributed by atoms with E-state index < -0.39 is 0 Å². The third-order valence-electron chi connectivity index (χ3n) is 4.94. The highest BCUT2D eigenvalue weighted by molar-refractivity contribution is 14.0. The quantitative estimate of drug-likeness (QED) is 0.343. The summed E-state index contributed by atoms with van der Waals surface area (Å²) in [5, 5.41) is 6.88. The van der Waals surface area contributed by atoms with Crippen LogP contribution in [0.15, 0.2) is 59.6 Å². The van der Waals surface area contributed by atoms with Gasteiger partial charge in [0, 0.05) is 44.7 Å². The summed E-state index contributed by atoms with van der Waals surface area (Å²) in [6.07, 6.45) is 1.95. The molecule has 1 fully saturated rings. The van der Waals surface area contributed by atoms with E-state index in [0.717, 1.165) is 36.5 Å². The molecule has 5 nitrogen and oxygen atoms in total. The highest BCUT2D eigenvalue weighted by Gasteiger charge is 2.38. The molecule has 0 radical (unpaired) electrons. The second-order valence-electron chi connectivity index (χ2n) is 7.41. The standard InChI is InChI=1S/C23H30N4O.HI/c1-4-24-23(26-21-16-20(21)18-10-6-5-7-11-18)25-14-13-17-9-8-12-19(15-17)22(28)27(2)3;/h5-12,15,20-21H,4,13-14,16H2,1-3H3,(H2,24,25,26);1H. The van der Waals surface area contributed by atoms with Gasteiger partial charge < -0.3 is 15.5 Å². The van der Waals surface area contributed by atoms with Crippen molar-refractivity contribution in [2.45, 2.75) is 31.7 Å². The van der Waals surface area contributed by atoms with Crippen LogP contribution < -0.4 is 10.6 Å². The van der Waals surface area contributed by atoms with Gasteiger partial charge in [-0.2, -0.15) is 0 Å². The lowest BCUT2D eigenvalue weighted by molar-refractivity contribution is 0.0827. The highest BCUT2D eigenvalue weighted by Crippen LogP contribution is 2.40. The molecule has 0 heterocycles. The average Bonchev–Trinajstić information content (AvgIpc) is 3.47. The van der Waals surface area contributed by atoms with Crippen molar-refractivity contribution in [1.29, 1.82) is 0 Å². The molecular formula is C23H31IN4O. The number of aliphatic imine (C=N–C) groups is 1. The molecule has 2 aromatic rings. The van der Waals surface area contributed by atoms with Gasteiger partial charge in [-0.1, -0.05) is 42.5 Å². The van der Waals surface area contributed by atoms with Gasteiger partial charge in [-0.15, -0.1) is 24.0 Å². The SMILES string of the molecule is CCNC(=NCCc1cccc(C(=O)N(C)C)c1)NC1CC1c1ccccc1.I. The van der Waals surface area contributed by atoms with E-state index in [9.17, 15) is 4.79 Å². The van der Waals surface area contributed by atoms with Crippen LogP contribution in [0.4, 0.5) is 0 Å². The number of amides is 1. The topological polar surface area (TPSA) is 56.7 Å².